The SMILES string of the molecule is OCCC(NCc1cccc(-n2cccn2)c1)C1CC1. The molecule has 106 valence electrons. The monoisotopic (exact) mass is 271 g/mol. The van der Waals surface area contributed by atoms with Gasteiger partial charge in [0.1, 0.15) is 0 Å². The third kappa shape index (κ3) is 3.26. The molecule has 0 saturated heterocycles. The molecule has 3 rings (SSSR count). The predicted molar refractivity (Wildman–Crippen MR) is 78.6 cm³/mol. The van der Waals surface area contributed by atoms with Crippen LogP contribution in [0.15, 0.2) is 42.7 Å². The van der Waals surface area contributed by atoms with Crippen molar-refractivity contribution in [2.75, 3.05) is 6.61 Å². The Morgan fingerprint density at radius 3 is 2.95 bits per heavy atom. The molecule has 2 aromatic rings. The van der Waals surface area contributed by atoms with Crippen molar-refractivity contribution in [3.63, 3.8) is 0 Å². The molecule has 0 spiro atoms. The number of nitrogens with zero attached hydrogens (tertiary/aromatic N) is 2. The fraction of sp³-hybridized carbons (Fsp3) is 0.438. The average molecular weight is 271 g/mol. The van der Waals surface area contributed by atoms with Gasteiger partial charge in [-0.2, -0.15) is 5.10 Å². The number of nitrogens with one attached hydrogen (secondary N) is 1. The Morgan fingerprint density at radius 2 is 2.25 bits per heavy atom. The highest BCUT2D eigenvalue weighted by Gasteiger charge is 2.30. The highest BCUT2D eigenvalue weighted by Crippen LogP contribution is 2.34. The Labute approximate surface area is 119 Å². The van der Waals surface area contributed by atoms with Gasteiger partial charge < -0.3 is 10.4 Å². The second-order valence-electron chi connectivity index (χ2n) is 5.46. The first-order valence-electron chi connectivity index (χ1n) is 7.30. The molecule has 4 heteroatoms. The van der Waals surface area contributed by atoms with Crippen LogP contribution >= 0.6 is 0 Å². The third-order valence-corrected chi connectivity index (χ3v) is 3.88. The maximum absolute atomic E-state index is 9.13. The maximum Gasteiger partial charge on any atom is 0.0648 e. The van der Waals surface area contributed by atoms with E-state index in [1.54, 1.807) is 6.20 Å². The van der Waals surface area contributed by atoms with Gasteiger partial charge in [0.15, 0.2) is 0 Å². The van der Waals surface area contributed by atoms with Gasteiger partial charge in [-0.05, 0) is 48.9 Å². The van der Waals surface area contributed by atoms with E-state index < -0.39 is 0 Å². The zero-order valence-corrected chi connectivity index (χ0v) is 11.6. The minimum atomic E-state index is 0.265. The lowest BCUT2D eigenvalue weighted by Gasteiger charge is -2.17. The molecule has 1 fully saturated rings. The van der Waals surface area contributed by atoms with Crippen LogP contribution in [-0.2, 0) is 6.54 Å². The standard InChI is InChI=1S/C16H21N3O/c20-10-7-16(14-5-6-14)17-12-13-3-1-4-15(11-13)19-9-2-8-18-19/h1-4,8-9,11,14,16-17,20H,5-7,10,12H2. The lowest BCUT2D eigenvalue weighted by molar-refractivity contribution is 0.256. The summed E-state index contributed by atoms with van der Waals surface area (Å²) >= 11 is 0. The molecule has 0 amide bonds. The lowest BCUT2D eigenvalue weighted by Crippen LogP contribution is -2.31. The molecule has 1 heterocycles. The Morgan fingerprint density at radius 1 is 1.35 bits per heavy atom. The summed E-state index contributed by atoms with van der Waals surface area (Å²) in [6.45, 7) is 1.11. The van der Waals surface area contributed by atoms with Crippen LogP contribution in [0.1, 0.15) is 24.8 Å². The van der Waals surface area contributed by atoms with Gasteiger partial charge in [0.05, 0.1) is 5.69 Å². The van der Waals surface area contributed by atoms with E-state index in [2.05, 4.69) is 34.7 Å². The van der Waals surface area contributed by atoms with Gasteiger partial charge in [-0.25, -0.2) is 4.68 Å². The molecule has 1 aromatic heterocycles. The molecule has 0 aliphatic heterocycles. The topological polar surface area (TPSA) is 50.1 Å². The number of aliphatic hydroxyl groups is 1. The molecule has 4 nitrogen and oxygen atoms in total. The van der Waals surface area contributed by atoms with Crippen LogP contribution < -0.4 is 5.32 Å². The molecular weight excluding hydrogens is 250 g/mol. The highest BCUT2D eigenvalue weighted by molar-refractivity contribution is 5.35. The number of hydrogen-bond acceptors (Lipinski definition) is 3. The van der Waals surface area contributed by atoms with Crippen molar-refractivity contribution in [3.05, 3.63) is 48.3 Å². The van der Waals surface area contributed by atoms with Gasteiger partial charge in [0.25, 0.3) is 0 Å². The molecule has 1 aromatic carbocycles. The molecule has 2 N–H and O–H groups in total. The van der Waals surface area contributed by atoms with E-state index in [0.717, 1.165) is 24.6 Å². The normalized spacial score (nSPS) is 16.2. The first-order chi connectivity index (χ1) is 9.86. The van der Waals surface area contributed by atoms with E-state index in [4.69, 9.17) is 5.11 Å². The van der Waals surface area contributed by atoms with Gasteiger partial charge in [-0.3, -0.25) is 0 Å². The largest absolute Gasteiger partial charge is 0.396 e. The zero-order chi connectivity index (χ0) is 13.8. The van der Waals surface area contributed by atoms with Gasteiger partial charge in [0, 0.05) is 31.6 Å². The van der Waals surface area contributed by atoms with Crippen LogP contribution in [0.5, 0.6) is 0 Å². The molecule has 1 aliphatic carbocycles. The van der Waals surface area contributed by atoms with Crippen LogP contribution in [-0.4, -0.2) is 27.5 Å². The smallest absolute Gasteiger partial charge is 0.0648 e. The second kappa shape index (κ2) is 6.20. The third-order valence-electron chi connectivity index (χ3n) is 3.88. The summed E-state index contributed by atoms with van der Waals surface area (Å²) in [7, 11) is 0. The number of aromatic nitrogens is 2. The van der Waals surface area contributed by atoms with Crippen molar-refractivity contribution in [3.8, 4) is 5.69 Å². The first kappa shape index (κ1) is 13.3. The Bertz CT molecular complexity index is 534. The summed E-state index contributed by atoms with van der Waals surface area (Å²) in [6.07, 6.45) is 7.18. The van der Waals surface area contributed by atoms with Crippen molar-refractivity contribution < 1.29 is 5.11 Å². The van der Waals surface area contributed by atoms with E-state index in [9.17, 15) is 0 Å². The van der Waals surface area contributed by atoms with Crippen molar-refractivity contribution in [2.45, 2.75) is 31.8 Å². The molecule has 1 atom stereocenters. The number of rotatable bonds is 7. The van der Waals surface area contributed by atoms with E-state index in [0.29, 0.717) is 6.04 Å². The number of benzene rings is 1. The van der Waals surface area contributed by atoms with Crippen LogP contribution in [0.3, 0.4) is 0 Å². The second-order valence-corrected chi connectivity index (χ2v) is 5.46. The minimum Gasteiger partial charge on any atom is -0.396 e. The molecule has 1 unspecified atom stereocenters. The fourth-order valence-corrected chi connectivity index (χ4v) is 2.62. The molecule has 20 heavy (non-hydrogen) atoms. The molecular formula is C16H21N3O. The zero-order valence-electron chi connectivity index (χ0n) is 11.6. The summed E-state index contributed by atoms with van der Waals surface area (Å²) in [4.78, 5) is 0. The highest BCUT2D eigenvalue weighted by atomic mass is 16.3. The van der Waals surface area contributed by atoms with Crippen molar-refractivity contribution >= 4 is 0 Å². The summed E-state index contributed by atoms with van der Waals surface area (Å²) < 4.78 is 1.87. The maximum atomic E-state index is 9.13. The van der Waals surface area contributed by atoms with Gasteiger partial charge in [-0.15, -0.1) is 0 Å². The Balaban J connectivity index is 1.63. The average Bonchev–Trinajstić information content (AvgIpc) is 3.17. The van der Waals surface area contributed by atoms with E-state index in [1.807, 2.05) is 16.9 Å². The summed E-state index contributed by atoms with van der Waals surface area (Å²) in [5, 5.41) is 17.0. The minimum absolute atomic E-state index is 0.265. The number of hydrogen-bond donors (Lipinski definition) is 2. The van der Waals surface area contributed by atoms with Gasteiger partial charge >= 0.3 is 0 Å². The quantitative estimate of drug-likeness (QED) is 0.811. The predicted octanol–water partition coefficient (Wildman–Crippen LogP) is 2.12. The van der Waals surface area contributed by atoms with Crippen molar-refractivity contribution in [2.24, 2.45) is 5.92 Å². The van der Waals surface area contributed by atoms with E-state index >= 15 is 0 Å². The van der Waals surface area contributed by atoms with Crippen molar-refractivity contribution in [1.82, 2.24) is 15.1 Å². The van der Waals surface area contributed by atoms with Gasteiger partial charge in [-0.1, -0.05) is 12.1 Å². The number of aliphatic hydroxyl groups excluding tert-OH is 1. The van der Waals surface area contributed by atoms with Crippen LogP contribution in [0, 0.1) is 5.92 Å². The fourth-order valence-electron chi connectivity index (χ4n) is 2.62. The molecule has 0 radical (unpaired) electrons. The van der Waals surface area contributed by atoms with Crippen molar-refractivity contribution in [1.29, 1.82) is 0 Å². The molecule has 1 saturated carbocycles. The Kier molecular flexibility index (Phi) is 4.14. The lowest BCUT2D eigenvalue weighted by atomic mass is 10.1. The summed E-state index contributed by atoms with van der Waals surface area (Å²) in [5.74, 6) is 0.761. The molecule has 0 bridgehead atoms. The van der Waals surface area contributed by atoms with E-state index in [1.165, 1.54) is 18.4 Å². The summed E-state index contributed by atoms with van der Waals surface area (Å²) in [5.41, 5.74) is 2.33. The van der Waals surface area contributed by atoms with Crippen LogP contribution in [0.4, 0.5) is 0 Å². The van der Waals surface area contributed by atoms with Crippen LogP contribution in [0.2, 0.25) is 0 Å². The summed E-state index contributed by atoms with van der Waals surface area (Å²) in [6, 6.07) is 10.8. The van der Waals surface area contributed by atoms with Gasteiger partial charge in [0.2, 0.25) is 0 Å². The molecule has 1 aliphatic rings. The first-order valence-corrected chi connectivity index (χ1v) is 7.30. The Hall–Kier alpha value is -1.65. The van der Waals surface area contributed by atoms with Crippen LogP contribution in [0.25, 0.3) is 5.69 Å². The van der Waals surface area contributed by atoms with E-state index in [-0.39, 0.29) is 6.61 Å².